The number of methoxy groups -OCH3 is 3. The largest absolute Gasteiger partial charge is 0.493 e. The second-order valence-corrected chi connectivity index (χ2v) is 7.33. The molecule has 0 radical (unpaired) electrons. The second kappa shape index (κ2) is 10.5. The van der Waals surface area contributed by atoms with E-state index in [0.29, 0.717) is 45.3 Å². The zero-order valence-corrected chi connectivity index (χ0v) is 17.6. The molecule has 146 valence electrons. The molecule has 0 spiro atoms. The van der Waals surface area contributed by atoms with Gasteiger partial charge in [0.1, 0.15) is 0 Å². The fourth-order valence-corrected chi connectivity index (χ4v) is 3.86. The van der Waals surface area contributed by atoms with Crippen LogP contribution in [0.1, 0.15) is 11.1 Å². The number of rotatable bonds is 9. The molecule has 27 heavy (non-hydrogen) atoms. The van der Waals surface area contributed by atoms with Crippen molar-refractivity contribution in [1.29, 1.82) is 0 Å². The number of ether oxygens (including phenoxy) is 3. The van der Waals surface area contributed by atoms with Crippen LogP contribution >= 0.6 is 35.0 Å². The molecule has 2 aromatic carbocycles. The summed E-state index contributed by atoms with van der Waals surface area (Å²) in [5, 5.41) is 4.08. The molecule has 0 unspecified atom stereocenters. The Balaban J connectivity index is 1.90. The van der Waals surface area contributed by atoms with Crippen LogP contribution in [0.4, 0.5) is 0 Å². The molecular formula is C19H21Cl2NO4S. The number of thioether (sulfide) groups is 1. The number of amides is 1. The van der Waals surface area contributed by atoms with Gasteiger partial charge in [-0.3, -0.25) is 4.79 Å². The molecule has 0 atom stereocenters. The fourth-order valence-electron chi connectivity index (χ4n) is 2.44. The Kier molecular flexibility index (Phi) is 8.41. The molecular weight excluding hydrogens is 409 g/mol. The van der Waals surface area contributed by atoms with Crippen LogP contribution in [0.3, 0.4) is 0 Å². The van der Waals surface area contributed by atoms with E-state index in [1.54, 1.807) is 39.5 Å². The van der Waals surface area contributed by atoms with E-state index in [1.165, 1.54) is 11.8 Å². The Morgan fingerprint density at radius 2 is 1.70 bits per heavy atom. The highest BCUT2D eigenvalue weighted by molar-refractivity contribution is 7.99. The average molecular weight is 430 g/mol. The highest BCUT2D eigenvalue weighted by Gasteiger charge is 2.16. The van der Waals surface area contributed by atoms with Crippen molar-refractivity contribution in [1.82, 2.24) is 5.32 Å². The van der Waals surface area contributed by atoms with Crippen molar-refractivity contribution >= 4 is 40.9 Å². The summed E-state index contributed by atoms with van der Waals surface area (Å²) in [6, 6.07) is 8.96. The minimum Gasteiger partial charge on any atom is -0.493 e. The lowest BCUT2D eigenvalue weighted by molar-refractivity contribution is -0.118. The van der Waals surface area contributed by atoms with Crippen molar-refractivity contribution in [2.75, 3.05) is 27.1 Å². The first kappa shape index (κ1) is 21.5. The highest BCUT2D eigenvalue weighted by Crippen LogP contribution is 2.39. The number of carbonyl (C=O) groups excluding carboxylic acids is 1. The third-order valence-corrected chi connectivity index (χ3v) is 5.34. The Hall–Kier alpha value is -1.76. The van der Waals surface area contributed by atoms with E-state index in [0.717, 1.165) is 11.1 Å². The monoisotopic (exact) mass is 429 g/mol. The quantitative estimate of drug-likeness (QED) is 0.632. The number of hydrogen-bond donors (Lipinski definition) is 1. The molecule has 2 rings (SSSR count). The first-order valence-corrected chi connectivity index (χ1v) is 9.97. The van der Waals surface area contributed by atoms with E-state index in [9.17, 15) is 4.79 Å². The molecule has 0 aromatic heterocycles. The van der Waals surface area contributed by atoms with E-state index in [1.807, 2.05) is 12.1 Å². The van der Waals surface area contributed by atoms with Crippen LogP contribution in [0.2, 0.25) is 10.0 Å². The summed E-state index contributed by atoms with van der Waals surface area (Å²) in [6.45, 7) is 0.324. The summed E-state index contributed by atoms with van der Waals surface area (Å²) in [6.07, 6.45) is 0. The summed E-state index contributed by atoms with van der Waals surface area (Å²) in [7, 11) is 4.65. The highest BCUT2D eigenvalue weighted by atomic mass is 35.5. The van der Waals surface area contributed by atoms with E-state index in [2.05, 4.69) is 5.32 Å². The SMILES string of the molecule is COc1ccc(CNC(=O)CSCc2ccc(Cl)cc2Cl)c(OC)c1OC. The zero-order chi connectivity index (χ0) is 19.8. The molecule has 0 fully saturated rings. The first-order chi connectivity index (χ1) is 13.0. The molecule has 8 heteroatoms. The van der Waals surface area contributed by atoms with Crippen molar-refractivity contribution in [3.8, 4) is 17.2 Å². The molecule has 0 aliphatic rings. The van der Waals surface area contributed by atoms with Crippen LogP contribution in [-0.4, -0.2) is 33.0 Å². The third kappa shape index (κ3) is 5.86. The van der Waals surface area contributed by atoms with Crippen LogP contribution in [0.25, 0.3) is 0 Å². The maximum atomic E-state index is 12.1. The van der Waals surface area contributed by atoms with Gasteiger partial charge >= 0.3 is 0 Å². The number of halogens is 2. The normalized spacial score (nSPS) is 10.4. The topological polar surface area (TPSA) is 56.8 Å². The summed E-state index contributed by atoms with van der Waals surface area (Å²) in [4.78, 5) is 12.1. The van der Waals surface area contributed by atoms with Crippen molar-refractivity contribution in [3.05, 3.63) is 51.5 Å². The van der Waals surface area contributed by atoms with Crippen molar-refractivity contribution in [2.24, 2.45) is 0 Å². The molecule has 2 aromatic rings. The van der Waals surface area contributed by atoms with Crippen molar-refractivity contribution < 1.29 is 19.0 Å². The molecule has 1 amide bonds. The smallest absolute Gasteiger partial charge is 0.230 e. The third-order valence-electron chi connectivity index (χ3n) is 3.77. The Bertz CT molecular complexity index is 802. The van der Waals surface area contributed by atoms with Gasteiger partial charge in [0, 0.05) is 27.9 Å². The van der Waals surface area contributed by atoms with Crippen LogP contribution in [0.15, 0.2) is 30.3 Å². The maximum absolute atomic E-state index is 12.1. The Labute approximate surface area is 173 Å². The van der Waals surface area contributed by atoms with Crippen LogP contribution < -0.4 is 19.5 Å². The average Bonchev–Trinajstić information content (AvgIpc) is 2.67. The van der Waals surface area contributed by atoms with Gasteiger partial charge in [-0.25, -0.2) is 0 Å². The summed E-state index contributed by atoms with van der Waals surface area (Å²) in [5.41, 5.74) is 1.75. The summed E-state index contributed by atoms with van der Waals surface area (Å²) >= 11 is 13.5. The minimum atomic E-state index is -0.0816. The molecule has 1 N–H and O–H groups in total. The van der Waals surface area contributed by atoms with Gasteiger partial charge in [-0.05, 0) is 29.8 Å². The van der Waals surface area contributed by atoms with Crippen LogP contribution in [0.5, 0.6) is 17.2 Å². The lowest BCUT2D eigenvalue weighted by Gasteiger charge is -2.16. The Morgan fingerprint density at radius 1 is 1.00 bits per heavy atom. The lowest BCUT2D eigenvalue weighted by Crippen LogP contribution is -2.25. The first-order valence-electron chi connectivity index (χ1n) is 8.06. The van der Waals surface area contributed by atoms with Crippen molar-refractivity contribution in [3.63, 3.8) is 0 Å². The molecule has 0 bridgehead atoms. The molecule has 0 aliphatic carbocycles. The maximum Gasteiger partial charge on any atom is 0.230 e. The van der Waals surface area contributed by atoms with Gasteiger partial charge in [0.15, 0.2) is 11.5 Å². The molecule has 5 nitrogen and oxygen atoms in total. The summed E-state index contributed by atoms with van der Waals surface area (Å²) in [5.74, 6) is 2.47. The Morgan fingerprint density at radius 3 is 2.33 bits per heavy atom. The van der Waals surface area contributed by atoms with Gasteiger partial charge in [0.05, 0.1) is 27.1 Å². The molecule has 0 saturated carbocycles. The second-order valence-electron chi connectivity index (χ2n) is 5.50. The zero-order valence-electron chi connectivity index (χ0n) is 15.3. The van der Waals surface area contributed by atoms with Crippen molar-refractivity contribution in [2.45, 2.75) is 12.3 Å². The van der Waals surface area contributed by atoms with Gasteiger partial charge in [0.25, 0.3) is 0 Å². The van der Waals surface area contributed by atoms with Gasteiger partial charge < -0.3 is 19.5 Å². The number of carbonyl (C=O) groups is 1. The minimum absolute atomic E-state index is 0.0816. The van der Waals surface area contributed by atoms with Gasteiger partial charge in [-0.2, -0.15) is 0 Å². The van der Waals surface area contributed by atoms with E-state index in [-0.39, 0.29) is 5.91 Å². The lowest BCUT2D eigenvalue weighted by atomic mass is 10.1. The number of benzene rings is 2. The van der Waals surface area contributed by atoms with Gasteiger partial charge in [-0.1, -0.05) is 29.3 Å². The van der Waals surface area contributed by atoms with Gasteiger partial charge in [-0.15, -0.1) is 11.8 Å². The molecule has 0 heterocycles. The van der Waals surface area contributed by atoms with Gasteiger partial charge in [0.2, 0.25) is 11.7 Å². The molecule has 0 aliphatic heterocycles. The fraction of sp³-hybridized carbons (Fsp3) is 0.316. The van der Waals surface area contributed by atoms with E-state index in [4.69, 9.17) is 37.4 Å². The van der Waals surface area contributed by atoms with Crippen LogP contribution in [-0.2, 0) is 17.1 Å². The van der Waals surface area contributed by atoms with Crippen LogP contribution in [0, 0.1) is 0 Å². The standard InChI is InChI=1S/C19H21Cl2NO4S/c1-24-16-7-5-12(18(25-2)19(16)26-3)9-22-17(23)11-27-10-13-4-6-14(20)8-15(13)21/h4-8H,9-11H2,1-3H3,(H,22,23). The predicted molar refractivity (Wildman–Crippen MR) is 111 cm³/mol. The number of hydrogen-bond acceptors (Lipinski definition) is 5. The summed E-state index contributed by atoms with van der Waals surface area (Å²) < 4.78 is 16.0. The predicted octanol–water partition coefficient (Wildman–Crippen LogP) is 4.57. The molecule has 0 saturated heterocycles. The van der Waals surface area contributed by atoms with E-state index >= 15 is 0 Å². The van der Waals surface area contributed by atoms with E-state index < -0.39 is 0 Å². The number of nitrogens with one attached hydrogen (secondary N) is 1.